The van der Waals surface area contributed by atoms with E-state index in [0.717, 1.165) is 0 Å². The molecule has 1 amide bonds. The number of alkyl halides is 1. The van der Waals surface area contributed by atoms with Crippen LogP contribution in [0.5, 0.6) is 0 Å². The minimum absolute atomic E-state index is 0.0798. The topological polar surface area (TPSA) is 116 Å². The van der Waals surface area contributed by atoms with Gasteiger partial charge in [0.15, 0.2) is 0 Å². The lowest BCUT2D eigenvalue weighted by atomic mass is 10.1. The Bertz CT molecular complexity index is 605. The van der Waals surface area contributed by atoms with Crippen LogP contribution in [0.3, 0.4) is 0 Å². The van der Waals surface area contributed by atoms with Gasteiger partial charge < -0.3 is 9.84 Å². The number of benzene rings is 1. The molecular weight excluding hydrogens is 295 g/mol. The molecule has 1 N–H and O–H groups in total. The Morgan fingerprint density at radius 1 is 1.45 bits per heavy atom. The highest BCUT2D eigenvalue weighted by molar-refractivity contribution is 5.82. The van der Waals surface area contributed by atoms with E-state index in [0.29, 0.717) is 10.5 Å². The van der Waals surface area contributed by atoms with Crippen molar-refractivity contribution >= 4 is 12.1 Å². The maximum Gasteiger partial charge on any atom is 0.408 e. The number of amides is 1. The average Bonchev–Trinajstić information content (AvgIpc) is 2.84. The molecule has 9 heteroatoms. The molecule has 0 bridgehead atoms. The molecule has 1 fully saturated rings. The van der Waals surface area contributed by atoms with Gasteiger partial charge in [0.25, 0.3) is 0 Å². The largest absolute Gasteiger partial charge is 0.465 e. The molecule has 1 saturated heterocycles. The highest BCUT2D eigenvalue weighted by atomic mass is 19.1. The monoisotopic (exact) mass is 308 g/mol. The third kappa shape index (κ3) is 3.26. The molecule has 0 aromatic heterocycles. The molecule has 0 radical (unpaired) electrons. The van der Waals surface area contributed by atoms with Crippen molar-refractivity contribution in [2.24, 2.45) is 5.11 Å². The van der Waals surface area contributed by atoms with Crippen LogP contribution in [0.25, 0.3) is 10.4 Å². The van der Waals surface area contributed by atoms with E-state index >= 15 is 0 Å². The molecule has 0 saturated carbocycles. The molecular formula is C13H13FN4O4. The first-order chi connectivity index (χ1) is 10.5. The SMILES string of the molecule is [N-]=[N+]=N[C@H]1[C@@H](C(=O)OCc2ccccc2)N(C(=O)O)C[C@@H]1F. The number of esters is 1. The van der Waals surface area contributed by atoms with Gasteiger partial charge in [-0.1, -0.05) is 35.4 Å². The lowest BCUT2D eigenvalue weighted by molar-refractivity contribution is -0.150. The summed E-state index contributed by atoms with van der Waals surface area (Å²) in [5.74, 6) is -0.941. The Kier molecular flexibility index (Phi) is 4.80. The van der Waals surface area contributed by atoms with Crippen molar-refractivity contribution in [1.29, 1.82) is 0 Å². The molecule has 1 aliphatic rings. The molecule has 1 aromatic rings. The molecule has 3 atom stereocenters. The van der Waals surface area contributed by atoms with Crippen molar-refractivity contribution in [1.82, 2.24) is 4.90 Å². The number of nitrogens with zero attached hydrogens (tertiary/aromatic N) is 4. The van der Waals surface area contributed by atoms with Gasteiger partial charge in [0.2, 0.25) is 0 Å². The summed E-state index contributed by atoms with van der Waals surface area (Å²) >= 11 is 0. The zero-order valence-corrected chi connectivity index (χ0v) is 11.4. The van der Waals surface area contributed by atoms with Crippen LogP contribution in [0.1, 0.15) is 5.56 Å². The van der Waals surface area contributed by atoms with Crippen LogP contribution in [0.15, 0.2) is 35.4 Å². The summed E-state index contributed by atoms with van der Waals surface area (Å²) in [6.45, 7) is -0.617. The second kappa shape index (κ2) is 6.77. The minimum atomic E-state index is -1.75. The predicted molar refractivity (Wildman–Crippen MR) is 72.6 cm³/mol. The summed E-state index contributed by atoms with van der Waals surface area (Å²) in [6, 6.07) is 5.83. The molecule has 0 spiro atoms. The van der Waals surface area contributed by atoms with Crippen LogP contribution in [-0.4, -0.2) is 46.9 Å². The van der Waals surface area contributed by atoms with E-state index in [-0.39, 0.29) is 6.61 Å². The summed E-state index contributed by atoms with van der Waals surface area (Å²) in [5.41, 5.74) is 9.15. The number of hydrogen-bond donors (Lipinski definition) is 1. The Morgan fingerprint density at radius 2 is 2.14 bits per heavy atom. The Morgan fingerprint density at radius 3 is 2.73 bits per heavy atom. The first-order valence-electron chi connectivity index (χ1n) is 6.43. The number of ether oxygens (including phenoxy) is 1. The van der Waals surface area contributed by atoms with E-state index in [1.54, 1.807) is 30.3 Å². The lowest BCUT2D eigenvalue weighted by Gasteiger charge is -2.21. The standard InChI is InChI=1S/C13H13FN4O4/c14-9-6-18(13(20)21)11(10(9)16-17-15)12(19)22-7-8-4-2-1-3-5-8/h1-5,9-11H,6-7H2,(H,20,21)/t9-,10+,11-/m0/s1. The van der Waals surface area contributed by atoms with Crippen molar-refractivity contribution in [2.75, 3.05) is 6.54 Å². The number of likely N-dealkylation sites (tertiary alicyclic amines) is 1. The quantitative estimate of drug-likeness (QED) is 0.397. The molecule has 0 aliphatic carbocycles. The number of halogens is 1. The van der Waals surface area contributed by atoms with Gasteiger partial charge in [-0.05, 0) is 11.1 Å². The average molecular weight is 308 g/mol. The fourth-order valence-electron chi connectivity index (χ4n) is 2.26. The van der Waals surface area contributed by atoms with Crippen LogP contribution >= 0.6 is 0 Å². The molecule has 2 rings (SSSR count). The Balaban J connectivity index is 2.12. The van der Waals surface area contributed by atoms with Crippen LogP contribution in [0.4, 0.5) is 9.18 Å². The first kappa shape index (κ1) is 15.6. The van der Waals surface area contributed by atoms with E-state index < -0.39 is 36.9 Å². The second-order valence-corrected chi connectivity index (χ2v) is 4.68. The highest BCUT2D eigenvalue weighted by Crippen LogP contribution is 2.25. The van der Waals surface area contributed by atoms with Crippen LogP contribution in [0, 0.1) is 0 Å². The van der Waals surface area contributed by atoms with Crippen LogP contribution < -0.4 is 0 Å². The number of hydrogen-bond acceptors (Lipinski definition) is 4. The number of azide groups is 1. The van der Waals surface area contributed by atoms with Gasteiger partial charge in [0.1, 0.15) is 24.9 Å². The van der Waals surface area contributed by atoms with Crippen molar-refractivity contribution in [3.8, 4) is 0 Å². The number of carbonyl (C=O) groups is 2. The minimum Gasteiger partial charge on any atom is -0.465 e. The fraction of sp³-hybridized carbons (Fsp3) is 0.385. The smallest absolute Gasteiger partial charge is 0.408 e. The first-order valence-corrected chi connectivity index (χ1v) is 6.43. The van der Waals surface area contributed by atoms with Crippen molar-refractivity contribution in [3.63, 3.8) is 0 Å². The van der Waals surface area contributed by atoms with Gasteiger partial charge in [0.05, 0.1) is 6.54 Å². The van der Waals surface area contributed by atoms with Crippen LogP contribution in [0.2, 0.25) is 0 Å². The van der Waals surface area contributed by atoms with E-state index in [1.165, 1.54) is 0 Å². The highest BCUT2D eigenvalue weighted by Gasteiger charge is 2.49. The third-order valence-electron chi connectivity index (χ3n) is 3.30. The van der Waals surface area contributed by atoms with Crippen molar-refractivity contribution < 1.29 is 23.8 Å². The van der Waals surface area contributed by atoms with E-state index in [4.69, 9.17) is 15.4 Å². The number of carbonyl (C=O) groups excluding carboxylic acids is 1. The summed E-state index contributed by atoms with van der Waals surface area (Å²) in [7, 11) is 0. The summed E-state index contributed by atoms with van der Waals surface area (Å²) in [5, 5.41) is 12.2. The molecule has 1 aromatic carbocycles. The molecule has 8 nitrogen and oxygen atoms in total. The third-order valence-corrected chi connectivity index (χ3v) is 3.30. The summed E-state index contributed by atoms with van der Waals surface area (Å²) in [4.78, 5) is 26.3. The summed E-state index contributed by atoms with van der Waals surface area (Å²) in [6.07, 6.45) is -3.22. The van der Waals surface area contributed by atoms with Gasteiger partial charge in [-0.25, -0.2) is 14.0 Å². The maximum atomic E-state index is 13.8. The van der Waals surface area contributed by atoms with Gasteiger partial charge >= 0.3 is 12.1 Å². The summed E-state index contributed by atoms with van der Waals surface area (Å²) < 4.78 is 18.8. The van der Waals surface area contributed by atoms with Crippen molar-refractivity contribution in [3.05, 3.63) is 46.3 Å². The Labute approximate surface area is 124 Å². The predicted octanol–water partition coefficient (Wildman–Crippen LogP) is 2.11. The zero-order chi connectivity index (χ0) is 16.1. The number of rotatable bonds is 4. The van der Waals surface area contributed by atoms with E-state index in [9.17, 15) is 14.0 Å². The molecule has 22 heavy (non-hydrogen) atoms. The maximum absolute atomic E-state index is 13.8. The van der Waals surface area contributed by atoms with Gasteiger partial charge in [-0.2, -0.15) is 0 Å². The Hall–Kier alpha value is -2.80. The van der Waals surface area contributed by atoms with Crippen LogP contribution in [-0.2, 0) is 16.1 Å². The number of carboxylic acid groups (broad SMARTS) is 1. The van der Waals surface area contributed by atoms with E-state index in [1.807, 2.05) is 0 Å². The molecule has 0 unspecified atom stereocenters. The van der Waals surface area contributed by atoms with Gasteiger partial charge in [-0.15, -0.1) is 0 Å². The zero-order valence-electron chi connectivity index (χ0n) is 11.4. The van der Waals surface area contributed by atoms with Gasteiger partial charge in [0, 0.05) is 4.91 Å². The molecule has 1 aliphatic heterocycles. The van der Waals surface area contributed by atoms with Gasteiger partial charge in [-0.3, -0.25) is 4.90 Å². The molecule has 1 heterocycles. The van der Waals surface area contributed by atoms with E-state index in [2.05, 4.69) is 10.0 Å². The fourth-order valence-corrected chi connectivity index (χ4v) is 2.26. The lowest BCUT2D eigenvalue weighted by Crippen LogP contribution is -2.45. The molecule has 116 valence electrons. The normalized spacial score (nSPS) is 23.7. The van der Waals surface area contributed by atoms with Crippen molar-refractivity contribution in [2.45, 2.75) is 24.9 Å². The second-order valence-electron chi connectivity index (χ2n) is 4.68.